The molecule has 0 aromatic carbocycles. The number of hydrogen-bond acceptors (Lipinski definition) is 8. The van der Waals surface area contributed by atoms with Crippen LogP contribution in [-0.2, 0) is 25.7 Å². The standard InChI is InChI=1S/C22H36N4O.C14H19ClN2O.C8H18N2.C6H15N.ClH/c27-22(24-23-17-11-5-2-1-3-6-12-17)21-19-15-9-10-16-20(19)26(25-21)18-13-7-4-8-14-18;15-14(18)13-11-8-4-5-9-12(11)17(16-13)10-6-2-1-3-7-10;9-10-8-6-4-2-1-3-5-7-8;1-4-7(5-2)6-3;/h17-18,23H,1-16H2,(H,24,27);10H,1-9H2;8,10H,1-7,9H2;4-6H2,1-3H3;1H. The summed E-state index contributed by atoms with van der Waals surface area (Å²) in [4.78, 5) is 26.8. The van der Waals surface area contributed by atoms with Gasteiger partial charge in [0.05, 0.1) is 12.1 Å². The van der Waals surface area contributed by atoms with Crippen LogP contribution in [0.5, 0.6) is 0 Å². The van der Waals surface area contributed by atoms with Gasteiger partial charge in [-0.25, -0.2) is 5.43 Å². The van der Waals surface area contributed by atoms with E-state index in [-0.39, 0.29) is 23.6 Å². The normalized spacial score (nSPS) is 20.5. The minimum absolute atomic E-state index is 0. The van der Waals surface area contributed by atoms with E-state index in [4.69, 9.17) is 22.5 Å². The molecule has 4 saturated carbocycles. The van der Waals surface area contributed by atoms with E-state index in [0.29, 0.717) is 35.6 Å². The quantitative estimate of drug-likeness (QED) is 0.105. The summed E-state index contributed by atoms with van der Waals surface area (Å²) in [6.07, 6.45) is 39.9. The zero-order valence-corrected chi connectivity index (χ0v) is 41.5. The first kappa shape index (κ1) is 53.6. The van der Waals surface area contributed by atoms with E-state index in [9.17, 15) is 9.59 Å². The van der Waals surface area contributed by atoms with Crippen LogP contribution in [0.4, 0.5) is 0 Å². The highest BCUT2D eigenvalue weighted by Crippen LogP contribution is 2.35. The second-order valence-corrected chi connectivity index (χ2v) is 19.5. The number of aromatic nitrogens is 4. The van der Waals surface area contributed by atoms with Crippen molar-refractivity contribution < 1.29 is 9.59 Å². The Kier molecular flexibility index (Phi) is 25.8. The van der Waals surface area contributed by atoms with E-state index < -0.39 is 0 Å². The van der Waals surface area contributed by atoms with Crippen LogP contribution >= 0.6 is 24.0 Å². The van der Waals surface area contributed by atoms with Gasteiger partial charge in [-0.05, 0) is 134 Å². The zero-order valence-electron chi connectivity index (χ0n) is 40.0. The van der Waals surface area contributed by atoms with Crippen LogP contribution < -0.4 is 22.1 Å². The summed E-state index contributed by atoms with van der Waals surface area (Å²) in [6.45, 7) is 10.1. The second kappa shape index (κ2) is 30.3. The molecule has 11 nitrogen and oxygen atoms in total. The number of nitrogens with zero attached hydrogens (tertiary/aromatic N) is 5. The Hall–Kier alpha value is -2.02. The van der Waals surface area contributed by atoms with Gasteiger partial charge in [0.2, 0.25) is 0 Å². The summed E-state index contributed by atoms with van der Waals surface area (Å²) < 4.78 is 4.39. The highest BCUT2D eigenvalue weighted by atomic mass is 35.5. The van der Waals surface area contributed by atoms with E-state index in [1.165, 1.54) is 197 Å². The van der Waals surface area contributed by atoms with E-state index in [1.807, 2.05) is 0 Å². The largest absolute Gasteiger partial charge is 0.304 e. The maximum atomic E-state index is 13.0. The molecule has 4 fully saturated rings. The van der Waals surface area contributed by atoms with Crippen molar-refractivity contribution in [2.75, 3.05) is 19.6 Å². The Morgan fingerprint density at radius 1 is 0.556 bits per heavy atom. The van der Waals surface area contributed by atoms with Crippen molar-refractivity contribution in [3.05, 3.63) is 33.9 Å². The molecular weight excluding hydrogens is 830 g/mol. The highest BCUT2D eigenvalue weighted by Gasteiger charge is 2.30. The van der Waals surface area contributed by atoms with Gasteiger partial charge in [0, 0.05) is 34.6 Å². The van der Waals surface area contributed by atoms with Gasteiger partial charge in [-0.2, -0.15) is 10.2 Å². The molecule has 5 N–H and O–H groups in total. The van der Waals surface area contributed by atoms with Gasteiger partial charge in [0.1, 0.15) is 5.69 Å². The van der Waals surface area contributed by atoms with Gasteiger partial charge in [0.15, 0.2) is 5.69 Å². The van der Waals surface area contributed by atoms with E-state index in [1.54, 1.807) is 0 Å². The number of carbonyl (C=O) groups is 2. The molecule has 6 aliphatic rings. The first-order valence-corrected chi connectivity index (χ1v) is 26.4. The first-order valence-electron chi connectivity index (χ1n) is 26.0. The molecule has 0 atom stereocenters. The molecule has 2 aromatic rings. The predicted octanol–water partition coefficient (Wildman–Crippen LogP) is 11.6. The number of fused-ring (bicyclic) bond motifs is 2. The van der Waals surface area contributed by atoms with Crippen molar-refractivity contribution >= 4 is 35.2 Å². The van der Waals surface area contributed by atoms with Gasteiger partial charge in [-0.3, -0.25) is 35.6 Å². The molecule has 6 aliphatic carbocycles. The minimum atomic E-state index is -0.386. The fraction of sp³-hybridized carbons (Fsp3) is 0.840. The molecule has 8 rings (SSSR count). The lowest BCUT2D eigenvalue weighted by atomic mass is 9.92. The number of nitrogens with one attached hydrogen (secondary N) is 3. The fourth-order valence-corrected chi connectivity index (χ4v) is 11.1. The molecule has 360 valence electrons. The average Bonchev–Trinajstić information content (AvgIpc) is 3.88. The molecule has 0 saturated heterocycles. The van der Waals surface area contributed by atoms with Gasteiger partial charge >= 0.3 is 0 Å². The summed E-state index contributed by atoms with van der Waals surface area (Å²) in [6, 6.07) is 2.01. The van der Waals surface area contributed by atoms with E-state index in [0.717, 1.165) is 50.5 Å². The van der Waals surface area contributed by atoms with Crippen molar-refractivity contribution in [1.29, 1.82) is 0 Å². The summed E-state index contributed by atoms with van der Waals surface area (Å²) in [5.74, 6) is 5.35. The highest BCUT2D eigenvalue weighted by molar-refractivity contribution is 6.67. The van der Waals surface area contributed by atoms with Crippen molar-refractivity contribution in [3.63, 3.8) is 0 Å². The Labute approximate surface area is 393 Å². The molecule has 0 unspecified atom stereocenters. The molecule has 2 heterocycles. The lowest BCUT2D eigenvalue weighted by Gasteiger charge is -2.25. The van der Waals surface area contributed by atoms with Crippen LogP contribution in [-0.4, -0.2) is 67.3 Å². The van der Waals surface area contributed by atoms with E-state index in [2.05, 4.69) is 56.4 Å². The number of carbonyl (C=O) groups excluding carboxylic acids is 2. The summed E-state index contributed by atoms with van der Waals surface area (Å²) >= 11 is 5.68. The van der Waals surface area contributed by atoms with Crippen LogP contribution in [0, 0.1) is 0 Å². The lowest BCUT2D eigenvalue weighted by Crippen LogP contribution is -2.45. The third kappa shape index (κ3) is 17.0. The maximum absolute atomic E-state index is 13.0. The molecule has 0 aliphatic heterocycles. The van der Waals surface area contributed by atoms with Crippen LogP contribution in [0.25, 0.3) is 0 Å². The lowest BCUT2D eigenvalue weighted by molar-refractivity contribution is 0.0913. The smallest absolute Gasteiger partial charge is 0.286 e. The van der Waals surface area contributed by atoms with Crippen molar-refractivity contribution in [2.24, 2.45) is 5.84 Å². The predicted molar refractivity (Wildman–Crippen MR) is 263 cm³/mol. The van der Waals surface area contributed by atoms with Gasteiger partial charge < -0.3 is 4.90 Å². The Bertz CT molecular complexity index is 1560. The SMILES string of the molecule is CCN(CC)CC.Cl.NNC1CCCCCCC1.O=C(Cl)c1nn(C2CCCCC2)c2c1CCCC2.O=C(NNC1CCCCCCC1)c1nn(C2CCCCC2)c2c1CCCC2. The molecule has 63 heavy (non-hydrogen) atoms. The van der Waals surface area contributed by atoms with Gasteiger partial charge in [-0.15, -0.1) is 12.4 Å². The minimum Gasteiger partial charge on any atom is -0.304 e. The Morgan fingerprint density at radius 2 is 0.921 bits per heavy atom. The molecular formula is C50H89Cl2N9O2. The van der Waals surface area contributed by atoms with Gasteiger partial charge in [0.25, 0.3) is 11.1 Å². The number of nitrogens with two attached hydrogens (primary N) is 1. The van der Waals surface area contributed by atoms with Crippen molar-refractivity contribution in [1.82, 2.24) is 40.7 Å². The molecule has 1 amide bonds. The molecule has 13 heteroatoms. The summed E-state index contributed by atoms with van der Waals surface area (Å²) in [5.41, 5.74) is 15.4. The number of hydrogen-bond donors (Lipinski definition) is 4. The Morgan fingerprint density at radius 3 is 1.33 bits per heavy atom. The number of hydrazine groups is 2. The maximum Gasteiger partial charge on any atom is 0.286 e. The molecule has 2 aromatic heterocycles. The number of amides is 1. The van der Waals surface area contributed by atoms with Crippen LogP contribution in [0.2, 0.25) is 0 Å². The monoisotopic (exact) mass is 918 g/mol. The number of halogens is 2. The zero-order chi connectivity index (χ0) is 43.9. The van der Waals surface area contributed by atoms with Gasteiger partial charge in [-0.1, -0.05) is 124 Å². The molecule has 0 spiro atoms. The fourth-order valence-electron chi connectivity index (χ4n) is 11.0. The summed E-state index contributed by atoms with van der Waals surface area (Å²) in [7, 11) is 0. The first-order chi connectivity index (χ1) is 30.4. The van der Waals surface area contributed by atoms with Crippen LogP contribution in [0.15, 0.2) is 0 Å². The van der Waals surface area contributed by atoms with Crippen LogP contribution in [0.1, 0.15) is 256 Å². The third-order valence-electron chi connectivity index (χ3n) is 14.8. The number of rotatable bonds is 10. The van der Waals surface area contributed by atoms with Crippen LogP contribution in [0.3, 0.4) is 0 Å². The van der Waals surface area contributed by atoms with E-state index >= 15 is 0 Å². The summed E-state index contributed by atoms with van der Waals surface area (Å²) in [5, 5.41) is 9.04. The van der Waals surface area contributed by atoms with Crippen molar-refractivity contribution in [2.45, 2.75) is 250 Å². The van der Waals surface area contributed by atoms with Crippen molar-refractivity contribution in [3.8, 4) is 0 Å². The second-order valence-electron chi connectivity index (χ2n) is 19.2. The Balaban J connectivity index is 0.000000208. The third-order valence-corrected chi connectivity index (χ3v) is 15.0. The average molecular weight is 919 g/mol. The molecule has 0 radical (unpaired) electrons. The topological polar surface area (TPSA) is 135 Å². The molecule has 0 bridgehead atoms.